The van der Waals surface area contributed by atoms with E-state index in [4.69, 9.17) is 4.74 Å². The van der Waals surface area contributed by atoms with E-state index < -0.39 is 0 Å². The summed E-state index contributed by atoms with van der Waals surface area (Å²) in [5, 5.41) is 10.1. The van der Waals surface area contributed by atoms with Gasteiger partial charge < -0.3 is 14.7 Å². The fourth-order valence-corrected chi connectivity index (χ4v) is 2.34. The summed E-state index contributed by atoms with van der Waals surface area (Å²) in [5.74, 6) is -0.233. The molecule has 0 aliphatic rings. The van der Waals surface area contributed by atoms with Crippen molar-refractivity contribution in [3.05, 3.63) is 23.8 Å². The first kappa shape index (κ1) is 17.3. The van der Waals surface area contributed by atoms with Crippen molar-refractivity contribution in [1.82, 2.24) is 0 Å². The maximum atomic E-state index is 12.2. The van der Waals surface area contributed by atoms with Gasteiger partial charge in [-0.05, 0) is 32.4 Å². The summed E-state index contributed by atoms with van der Waals surface area (Å²) in [6, 6.07) is 4.99. The minimum atomic E-state index is -0.357. The smallest absolute Gasteiger partial charge is 0.340 e. The van der Waals surface area contributed by atoms with Gasteiger partial charge in [-0.3, -0.25) is 0 Å². The topological polar surface area (TPSA) is 49.8 Å². The first-order valence-electron chi connectivity index (χ1n) is 7.89. The monoisotopic (exact) mass is 293 g/mol. The third-order valence-corrected chi connectivity index (χ3v) is 3.55. The molecule has 0 saturated heterocycles. The zero-order valence-corrected chi connectivity index (χ0v) is 13.4. The molecule has 0 saturated carbocycles. The average molecular weight is 293 g/mol. The van der Waals surface area contributed by atoms with Crippen LogP contribution in [0.15, 0.2) is 18.2 Å². The van der Waals surface area contributed by atoms with Crippen molar-refractivity contribution >= 4 is 11.7 Å². The van der Waals surface area contributed by atoms with E-state index in [2.05, 4.69) is 6.92 Å². The van der Waals surface area contributed by atoms with E-state index in [0.717, 1.165) is 38.8 Å². The number of phenolic OH excluding ortho intramolecular Hbond substituents is 1. The molecule has 0 unspecified atom stereocenters. The number of hydrogen-bond donors (Lipinski definition) is 1. The highest BCUT2D eigenvalue weighted by Gasteiger charge is 2.19. The van der Waals surface area contributed by atoms with Gasteiger partial charge in [0, 0.05) is 13.1 Å². The van der Waals surface area contributed by atoms with Gasteiger partial charge in [0.2, 0.25) is 0 Å². The number of anilines is 1. The molecule has 1 aromatic carbocycles. The minimum Gasteiger partial charge on any atom is -0.506 e. The predicted octanol–water partition coefficient (Wildman–Crippen LogP) is 3.98. The molecule has 21 heavy (non-hydrogen) atoms. The van der Waals surface area contributed by atoms with Crippen molar-refractivity contribution in [3.8, 4) is 5.75 Å². The lowest BCUT2D eigenvalue weighted by Crippen LogP contribution is -2.24. The van der Waals surface area contributed by atoms with Gasteiger partial charge in [-0.1, -0.05) is 32.3 Å². The number of carbonyl (C=O) groups excluding carboxylic acids is 1. The zero-order chi connectivity index (χ0) is 15.7. The second-order valence-corrected chi connectivity index (χ2v) is 5.04. The van der Waals surface area contributed by atoms with Crippen molar-refractivity contribution in [1.29, 1.82) is 0 Å². The van der Waals surface area contributed by atoms with Crippen molar-refractivity contribution in [2.75, 3.05) is 24.6 Å². The Labute approximate surface area is 127 Å². The number of nitrogens with zero attached hydrogens (tertiary/aromatic N) is 1. The summed E-state index contributed by atoms with van der Waals surface area (Å²) in [7, 11) is 0. The summed E-state index contributed by atoms with van der Waals surface area (Å²) in [5.41, 5.74) is 1.01. The molecule has 0 radical (unpaired) electrons. The molecule has 0 atom stereocenters. The summed E-state index contributed by atoms with van der Waals surface area (Å²) >= 11 is 0. The van der Waals surface area contributed by atoms with Crippen molar-refractivity contribution in [2.24, 2.45) is 0 Å². The highest BCUT2D eigenvalue weighted by molar-refractivity contribution is 5.97. The molecule has 0 spiro atoms. The number of benzene rings is 1. The third-order valence-electron chi connectivity index (χ3n) is 3.55. The lowest BCUT2D eigenvalue weighted by Gasteiger charge is -2.24. The average Bonchev–Trinajstić information content (AvgIpc) is 2.49. The molecule has 0 fully saturated rings. The lowest BCUT2D eigenvalue weighted by atomic mass is 10.1. The molecule has 0 amide bonds. The molecule has 1 aromatic rings. The van der Waals surface area contributed by atoms with Gasteiger partial charge >= 0.3 is 5.97 Å². The number of ether oxygens (including phenoxy) is 1. The van der Waals surface area contributed by atoms with Gasteiger partial charge in [-0.25, -0.2) is 4.79 Å². The Morgan fingerprint density at radius 3 is 2.48 bits per heavy atom. The molecule has 4 heteroatoms. The first-order valence-corrected chi connectivity index (χ1v) is 7.89. The highest BCUT2D eigenvalue weighted by atomic mass is 16.5. The molecule has 0 aliphatic heterocycles. The minimum absolute atomic E-state index is 0.124. The number of rotatable bonds is 9. The Morgan fingerprint density at radius 1 is 1.14 bits per heavy atom. The summed E-state index contributed by atoms with van der Waals surface area (Å²) in [4.78, 5) is 14.2. The van der Waals surface area contributed by atoms with Gasteiger partial charge in [0.1, 0.15) is 5.75 Å². The van der Waals surface area contributed by atoms with E-state index in [1.54, 1.807) is 18.2 Å². The fraction of sp³-hybridized carbons (Fsp3) is 0.588. The molecule has 4 nitrogen and oxygen atoms in total. The quantitative estimate of drug-likeness (QED) is 0.553. The van der Waals surface area contributed by atoms with E-state index >= 15 is 0 Å². The Morgan fingerprint density at radius 2 is 1.86 bits per heavy atom. The Balaban J connectivity index is 2.77. The van der Waals surface area contributed by atoms with Crippen molar-refractivity contribution in [3.63, 3.8) is 0 Å². The SMILES string of the molecule is CCCCCCOC(=O)c1cccc(O)c1N(CC)CC. The maximum absolute atomic E-state index is 12.2. The number of phenols is 1. The van der Waals surface area contributed by atoms with E-state index in [0.29, 0.717) is 17.9 Å². The number of para-hydroxylation sites is 1. The van der Waals surface area contributed by atoms with Gasteiger partial charge in [0.15, 0.2) is 0 Å². The normalized spacial score (nSPS) is 10.4. The summed E-state index contributed by atoms with van der Waals surface area (Å²) < 4.78 is 5.33. The largest absolute Gasteiger partial charge is 0.506 e. The number of unbranched alkanes of at least 4 members (excludes halogenated alkanes) is 3. The summed E-state index contributed by atoms with van der Waals surface area (Å²) in [6.45, 7) is 8.03. The molecule has 0 bridgehead atoms. The second-order valence-electron chi connectivity index (χ2n) is 5.04. The van der Waals surface area contributed by atoms with Crippen LogP contribution >= 0.6 is 0 Å². The second kappa shape index (κ2) is 9.27. The van der Waals surface area contributed by atoms with Gasteiger partial charge in [0.05, 0.1) is 17.9 Å². The molecule has 0 heterocycles. The number of hydrogen-bond acceptors (Lipinski definition) is 4. The number of carbonyl (C=O) groups is 1. The Hall–Kier alpha value is -1.71. The van der Waals surface area contributed by atoms with E-state index in [-0.39, 0.29) is 11.7 Å². The van der Waals surface area contributed by atoms with Crippen LogP contribution in [-0.4, -0.2) is 30.8 Å². The van der Waals surface area contributed by atoms with Gasteiger partial charge in [-0.15, -0.1) is 0 Å². The molecular formula is C17H27NO3. The maximum Gasteiger partial charge on any atom is 0.340 e. The highest BCUT2D eigenvalue weighted by Crippen LogP contribution is 2.31. The van der Waals surface area contributed by atoms with Gasteiger partial charge in [0.25, 0.3) is 0 Å². The van der Waals surface area contributed by atoms with Crippen LogP contribution in [0.4, 0.5) is 5.69 Å². The molecule has 0 aliphatic carbocycles. The van der Waals surface area contributed by atoms with E-state index in [9.17, 15) is 9.90 Å². The Bertz CT molecular complexity index is 442. The first-order chi connectivity index (χ1) is 10.2. The van der Waals surface area contributed by atoms with Crippen LogP contribution in [-0.2, 0) is 4.74 Å². The standard InChI is InChI=1S/C17H27NO3/c1-4-7-8-9-13-21-17(20)14-11-10-12-15(19)16(14)18(5-2)6-3/h10-12,19H,4-9,13H2,1-3H3. The fourth-order valence-electron chi connectivity index (χ4n) is 2.34. The number of aromatic hydroxyl groups is 1. The van der Waals surface area contributed by atoms with Crippen LogP contribution in [0.5, 0.6) is 5.75 Å². The molecule has 118 valence electrons. The third kappa shape index (κ3) is 4.96. The van der Waals surface area contributed by atoms with Crippen LogP contribution in [0.1, 0.15) is 56.8 Å². The van der Waals surface area contributed by atoms with E-state index in [1.807, 2.05) is 18.7 Å². The van der Waals surface area contributed by atoms with Crippen LogP contribution in [0, 0.1) is 0 Å². The molecule has 1 N–H and O–H groups in total. The number of esters is 1. The molecule has 1 rings (SSSR count). The molecule has 0 aromatic heterocycles. The zero-order valence-electron chi connectivity index (χ0n) is 13.4. The van der Waals surface area contributed by atoms with Gasteiger partial charge in [-0.2, -0.15) is 0 Å². The lowest BCUT2D eigenvalue weighted by molar-refractivity contribution is 0.0498. The van der Waals surface area contributed by atoms with Crippen LogP contribution < -0.4 is 4.90 Å². The van der Waals surface area contributed by atoms with E-state index in [1.165, 1.54) is 0 Å². The molecular weight excluding hydrogens is 266 g/mol. The summed E-state index contributed by atoms with van der Waals surface area (Å²) in [6.07, 6.45) is 4.28. The van der Waals surface area contributed by atoms with Crippen molar-refractivity contribution < 1.29 is 14.6 Å². The van der Waals surface area contributed by atoms with Crippen LogP contribution in [0.25, 0.3) is 0 Å². The predicted molar refractivity (Wildman–Crippen MR) is 86.1 cm³/mol. The van der Waals surface area contributed by atoms with Crippen LogP contribution in [0.2, 0.25) is 0 Å². The van der Waals surface area contributed by atoms with Crippen molar-refractivity contribution in [2.45, 2.75) is 46.5 Å². The van der Waals surface area contributed by atoms with Crippen LogP contribution in [0.3, 0.4) is 0 Å². The Kier molecular flexibility index (Phi) is 7.65.